The summed E-state index contributed by atoms with van der Waals surface area (Å²) in [5.74, 6) is 0.923. The number of hydrogen-bond acceptors (Lipinski definition) is 2. The predicted molar refractivity (Wildman–Crippen MR) is 87.4 cm³/mol. The summed E-state index contributed by atoms with van der Waals surface area (Å²) in [6.07, 6.45) is 0. The molecule has 0 aliphatic heterocycles. The first-order valence-electron chi connectivity index (χ1n) is 7.00. The van der Waals surface area contributed by atoms with Crippen LogP contribution in [0.2, 0.25) is 5.32 Å². The topological polar surface area (TPSA) is 30.7 Å². The predicted octanol–water partition coefficient (Wildman–Crippen LogP) is 3.01. The molecule has 21 heavy (non-hydrogen) atoms. The molecule has 0 bridgehead atoms. The van der Waals surface area contributed by atoms with Crippen LogP contribution in [0, 0.1) is 6.92 Å². The number of benzene rings is 2. The SMILES string of the molecule is CC[Se]c1nc(-c2ccc(C)cc2)n(-c2ccccc2)n1. The summed E-state index contributed by atoms with van der Waals surface area (Å²) in [6.45, 7) is 4.27. The van der Waals surface area contributed by atoms with Gasteiger partial charge < -0.3 is 0 Å². The molecule has 1 aromatic heterocycles. The van der Waals surface area contributed by atoms with Crippen LogP contribution in [0.3, 0.4) is 0 Å². The third-order valence-corrected chi connectivity index (χ3v) is 4.68. The van der Waals surface area contributed by atoms with Crippen LogP contribution in [0.15, 0.2) is 54.6 Å². The van der Waals surface area contributed by atoms with Crippen LogP contribution in [-0.4, -0.2) is 29.7 Å². The Balaban J connectivity index is 2.11. The van der Waals surface area contributed by atoms with Gasteiger partial charge in [-0.3, -0.25) is 0 Å². The molecular weight excluding hydrogens is 325 g/mol. The molecule has 0 fully saturated rings. The zero-order chi connectivity index (χ0) is 14.7. The number of nitrogens with zero attached hydrogens (tertiary/aromatic N) is 3. The van der Waals surface area contributed by atoms with Crippen LogP contribution in [0.1, 0.15) is 12.5 Å². The van der Waals surface area contributed by atoms with Crippen molar-refractivity contribution < 1.29 is 0 Å². The average Bonchev–Trinajstić information content (AvgIpc) is 2.93. The Bertz CT molecular complexity index is 718. The Morgan fingerprint density at radius 1 is 1.00 bits per heavy atom. The standard InChI is InChI=1S/C17H17N3Se/c1-3-21-17-18-16(14-11-9-13(2)10-12-14)20(19-17)15-7-5-4-6-8-15/h4-12H,3H2,1-2H3. The van der Waals surface area contributed by atoms with Crippen molar-refractivity contribution in [3.8, 4) is 17.1 Å². The van der Waals surface area contributed by atoms with Gasteiger partial charge in [0.2, 0.25) is 0 Å². The van der Waals surface area contributed by atoms with E-state index in [1.807, 2.05) is 22.9 Å². The molecule has 0 amide bonds. The molecule has 2 aromatic carbocycles. The van der Waals surface area contributed by atoms with Gasteiger partial charge in [-0.1, -0.05) is 0 Å². The van der Waals surface area contributed by atoms with Crippen LogP contribution in [0.25, 0.3) is 17.1 Å². The first-order chi connectivity index (χ1) is 10.3. The van der Waals surface area contributed by atoms with Crippen LogP contribution >= 0.6 is 0 Å². The van der Waals surface area contributed by atoms with E-state index in [2.05, 4.69) is 50.2 Å². The van der Waals surface area contributed by atoms with E-state index in [1.165, 1.54) is 5.56 Å². The molecule has 3 rings (SSSR count). The summed E-state index contributed by atoms with van der Waals surface area (Å²) in [5.41, 5.74) is 3.41. The summed E-state index contributed by atoms with van der Waals surface area (Å²) in [7, 11) is 0. The molecule has 0 spiro atoms. The number of para-hydroxylation sites is 1. The van der Waals surface area contributed by atoms with Crippen LogP contribution in [0.4, 0.5) is 0 Å². The number of rotatable bonds is 4. The van der Waals surface area contributed by atoms with Gasteiger partial charge in [-0.2, -0.15) is 0 Å². The Hall–Kier alpha value is -1.90. The Labute approximate surface area is 131 Å². The Morgan fingerprint density at radius 3 is 2.38 bits per heavy atom. The molecule has 4 heteroatoms. The van der Waals surface area contributed by atoms with Gasteiger partial charge in [-0.25, -0.2) is 0 Å². The van der Waals surface area contributed by atoms with Crippen molar-refractivity contribution >= 4 is 19.7 Å². The van der Waals surface area contributed by atoms with E-state index in [0.717, 1.165) is 27.1 Å². The molecule has 0 aliphatic rings. The van der Waals surface area contributed by atoms with E-state index in [-0.39, 0.29) is 0 Å². The van der Waals surface area contributed by atoms with Gasteiger partial charge >= 0.3 is 131 Å². The second kappa shape index (κ2) is 6.25. The Morgan fingerprint density at radius 2 is 1.71 bits per heavy atom. The third kappa shape index (κ3) is 3.07. The minimum absolute atomic E-state index is 0.333. The second-order valence-corrected chi connectivity index (χ2v) is 7.35. The molecule has 0 radical (unpaired) electrons. The van der Waals surface area contributed by atoms with Crippen LogP contribution in [-0.2, 0) is 0 Å². The van der Waals surface area contributed by atoms with E-state index >= 15 is 0 Å². The summed E-state index contributed by atoms with van der Waals surface area (Å²) in [6, 6.07) is 18.7. The fourth-order valence-corrected chi connectivity index (χ4v) is 3.27. The molecular formula is C17H17N3Se. The molecule has 3 aromatic rings. The van der Waals surface area contributed by atoms with Gasteiger partial charge in [0.1, 0.15) is 0 Å². The Kier molecular flexibility index (Phi) is 4.18. The quantitative estimate of drug-likeness (QED) is 0.683. The molecule has 0 unspecified atom stereocenters. The van der Waals surface area contributed by atoms with E-state index in [9.17, 15) is 0 Å². The van der Waals surface area contributed by atoms with Crippen molar-refractivity contribution in [2.24, 2.45) is 0 Å². The van der Waals surface area contributed by atoms with Gasteiger partial charge in [0, 0.05) is 0 Å². The molecule has 3 nitrogen and oxygen atoms in total. The monoisotopic (exact) mass is 343 g/mol. The van der Waals surface area contributed by atoms with Gasteiger partial charge in [-0.05, 0) is 0 Å². The van der Waals surface area contributed by atoms with Crippen molar-refractivity contribution in [3.63, 3.8) is 0 Å². The zero-order valence-corrected chi connectivity index (χ0v) is 13.9. The molecule has 1 heterocycles. The normalized spacial score (nSPS) is 10.8. The second-order valence-electron chi connectivity index (χ2n) is 4.76. The van der Waals surface area contributed by atoms with E-state index in [1.54, 1.807) is 0 Å². The van der Waals surface area contributed by atoms with Crippen molar-refractivity contribution in [1.82, 2.24) is 14.8 Å². The summed E-state index contributed by atoms with van der Waals surface area (Å²) in [4.78, 5) is 4.76. The van der Waals surface area contributed by atoms with Crippen molar-refractivity contribution in [2.45, 2.75) is 19.2 Å². The summed E-state index contributed by atoms with van der Waals surface area (Å²) < 4.78 is 2.92. The molecule has 0 atom stereocenters. The third-order valence-electron chi connectivity index (χ3n) is 3.17. The fraction of sp³-hybridized carbons (Fsp3) is 0.176. The summed E-state index contributed by atoms with van der Waals surface area (Å²) in [5, 5.41) is 5.81. The first kappa shape index (κ1) is 14.1. The van der Waals surface area contributed by atoms with Gasteiger partial charge in [0.05, 0.1) is 0 Å². The fourth-order valence-electron chi connectivity index (χ4n) is 2.12. The van der Waals surface area contributed by atoms with Crippen molar-refractivity contribution in [3.05, 3.63) is 60.2 Å². The van der Waals surface area contributed by atoms with Crippen LogP contribution in [0.5, 0.6) is 0 Å². The number of hydrogen-bond donors (Lipinski definition) is 0. The first-order valence-corrected chi connectivity index (χ1v) is 9.07. The van der Waals surface area contributed by atoms with E-state index < -0.39 is 0 Å². The van der Waals surface area contributed by atoms with E-state index in [0.29, 0.717) is 15.0 Å². The molecule has 106 valence electrons. The van der Waals surface area contributed by atoms with E-state index in [4.69, 9.17) is 10.1 Å². The molecule has 0 saturated heterocycles. The summed E-state index contributed by atoms with van der Waals surface area (Å²) >= 11 is 0.333. The molecule has 0 N–H and O–H groups in total. The average molecular weight is 342 g/mol. The maximum absolute atomic E-state index is 4.76. The minimum atomic E-state index is 0.333. The van der Waals surface area contributed by atoms with Gasteiger partial charge in [-0.15, -0.1) is 0 Å². The molecule has 0 saturated carbocycles. The van der Waals surface area contributed by atoms with Gasteiger partial charge in [0.25, 0.3) is 0 Å². The van der Waals surface area contributed by atoms with Crippen molar-refractivity contribution in [1.29, 1.82) is 0 Å². The number of aromatic nitrogens is 3. The van der Waals surface area contributed by atoms with Crippen LogP contribution < -0.4 is 4.72 Å². The van der Waals surface area contributed by atoms with Gasteiger partial charge in [0.15, 0.2) is 0 Å². The molecule has 0 aliphatic carbocycles. The van der Waals surface area contributed by atoms with Crippen molar-refractivity contribution in [2.75, 3.05) is 0 Å². The number of aryl methyl sites for hydroxylation is 1. The maximum atomic E-state index is 4.76. The zero-order valence-electron chi connectivity index (χ0n) is 12.2.